The normalized spacial score (nSPS) is 10.4. The second kappa shape index (κ2) is 6.20. The number of phenols is 1. The molecular formula is C14H12Cl2N2O3. The molecule has 0 fully saturated rings. The van der Waals surface area contributed by atoms with Crippen LogP contribution in [0.3, 0.4) is 0 Å². The van der Waals surface area contributed by atoms with E-state index in [1.807, 2.05) is 0 Å². The molecule has 0 aliphatic carbocycles. The van der Waals surface area contributed by atoms with E-state index < -0.39 is 4.92 Å². The Morgan fingerprint density at radius 3 is 2.62 bits per heavy atom. The van der Waals surface area contributed by atoms with Gasteiger partial charge in [0.25, 0.3) is 5.69 Å². The molecule has 0 spiro atoms. The molecule has 2 aromatic rings. The number of aryl methyl sites for hydroxylation is 1. The predicted octanol–water partition coefficient (Wildman–Crippen LogP) is 4.53. The fourth-order valence-electron chi connectivity index (χ4n) is 1.90. The van der Waals surface area contributed by atoms with Crippen LogP contribution in [-0.2, 0) is 6.54 Å². The highest BCUT2D eigenvalue weighted by Crippen LogP contribution is 2.32. The van der Waals surface area contributed by atoms with E-state index in [4.69, 9.17) is 23.2 Å². The highest BCUT2D eigenvalue weighted by molar-refractivity contribution is 6.35. The van der Waals surface area contributed by atoms with Crippen molar-refractivity contribution in [1.29, 1.82) is 0 Å². The molecule has 0 amide bonds. The van der Waals surface area contributed by atoms with Crippen LogP contribution in [0.15, 0.2) is 30.3 Å². The average Bonchev–Trinajstić information content (AvgIpc) is 2.42. The summed E-state index contributed by atoms with van der Waals surface area (Å²) in [6.45, 7) is 2.06. The number of nitro groups is 1. The lowest BCUT2D eigenvalue weighted by molar-refractivity contribution is -0.384. The first-order valence-corrected chi connectivity index (χ1v) is 6.80. The summed E-state index contributed by atoms with van der Waals surface area (Å²) in [7, 11) is 0. The second-order valence-corrected chi connectivity index (χ2v) is 5.35. The molecule has 0 radical (unpaired) electrons. The summed E-state index contributed by atoms with van der Waals surface area (Å²) < 4.78 is 0. The maximum atomic E-state index is 10.7. The van der Waals surface area contributed by atoms with Crippen LogP contribution in [-0.4, -0.2) is 10.0 Å². The van der Waals surface area contributed by atoms with Crippen molar-refractivity contribution in [2.75, 3.05) is 5.32 Å². The summed E-state index contributed by atoms with van der Waals surface area (Å²) in [5.74, 6) is -0.0341. The molecule has 0 aliphatic heterocycles. The molecule has 2 aromatic carbocycles. The molecule has 21 heavy (non-hydrogen) atoms. The monoisotopic (exact) mass is 326 g/mol. The summed E-state index contributed by atoms with van der Waals surface area (Å²) in [6, 6.07) is 7.58. The van der Waals surface area contributed by atoms with Crippen molar-refractivity contribution < 1.29 is 10.0 Å². The van der Waals surface area contributed by atoms with Crippen molar-refractivity contribution >= 4 is 34.6 Å². The number of halogens is 2. The molecule has 2 N–H and O–H groups in total. The number of benzene rings is 2. The zero-order chi connectivity index (χ0) is 15.6. The Bertz CT molecular complexity index is 705. The van der Waals surface area contributed by atoms with Gasteiger partial charge in [-0.2, -0.15) is 0 Å². The standard InChI is InChI=1S/C14H12Cl2N2O3/c1-8-4-11(18(20)21)2-3-13(8)17-7-9-5-10(15)6-12(16)14(9)19/h2-6,17,19H,7H2,1H3. The van der Waals surface area contributed by atoms with E-state index in [1.54, 1.807) is 19.1 Å². The molecule has 0 aliphatic rings. The third-order valence-corrected chi connectivity index (χ3v) is 3.50. The van der Waals surface area contributed by atoms with Gasteiger partial charge in [0.05, 0.1) is 9.95 Å². The topological polar surface area (TPSA) is 75.4 Å². The molecule has 110 valence electrons. The summed E-state index contributed by atoms with van der Waals surface area (Å²) in [4.78, 5) is 10.2. The Morgan fingerprint density at radius 2 is 2.00 bits per heavy atom. The zero-order valence-corrected chi connectivity index (χ0v) is 12.6. The third-order valence-electron chi connectivity index (χ3n) is 3.00. The molecule has 2 rings (SSSR count). The van der Waals surface area contributed by atoms with Gasteiger partial charge in [0.15, 0.2) is 0 Å². The Hall–Kier alpha value is -1.98. The van der Waals surface area contributed by atoms with Crippen molar-refractivity contribution in [3.8, 4) is 5.75 Å². The third kappa shape index (κ3) is 3.56. The van der Waals surface area contributed by atoms with E-state index in [9.17, 15) is 15.2 Å². The van der Waals surface area contributed by atoms with E-state index in [0.717, 1.165) is 11.3 Å². The van der Waals surface area contributed by atoms with Crippen molar-refractivity contribution in [3.05, 3.63) is 61.6 Å². The number of nitro benzene ring substituents is 1. The molecule has 0 heterocycles. The van der Waals surface area contributed by atoms with Crippen LogP contribution in [0.1, 0.15) is 11.1 Å². The number of non-ortho nitro benzene ring substituents is 1. The lowest BCUT2D eigenvalue weighted by atomic mass is 10.1. The van der Waals surface area contributed by atoms with Gasteiger partial charge in [-0.15, -0.1) is 0 Å². The maximum absolute atomic E-state index is 10.7. The van der Waals surface area contributed by atoms with Crippen LogP contribution < -0.4 is 5.32 Å². The van der Waals surface area contributed by atoms with Gasteiger partial charge in [-0.25, -0.2) is 0 Å². The lowest BCUT2D eigenvalue weighted by Gasteiger charge is -2.11. The van der Waals surface area contributed by atoms with Crippen LogP contribution in [0, 0.1) is 17.0 Å². The maximum Gasteiger partial charge on any atom is 0.269 e. The molecule has 7 heteroatoms. The molecule has 0 saturated carbocycles. The fraction of sp³-hybridized carbons (Fsp3) is 0.143. The van der Waals surface area contributed by atoms with Gasteiger partial charge >= 0.3 is 0 Å². The van der Waals surface area contributed by atoms with Crippen LogP contribution >= 0.6 is 23.2 Å². The minimum atomic E-state index is -0.445. The van der Waals surface area contributed by atoms with E-state index in [0.29, 0.717) is 17.1 Å². The molecule has 0 aromatic heterocycles. The van der Waals surface area contributed by atoms with Gasteiger partial charge in [-0.05, 0) is 30.7 Å². The Morgan fingerprint density at radius 1 is 1.29 bits per heavy atom. The Labute approximate surface area is 131 Å². The number of aromatic hydroxyl groups is 1. The lowest BCUT2D eigenvalue weighted by Crippen LogP contribution is -2.02. The first kappa shape index (κ1) is 15.4. The van der Waals surface area contributed by atoms with Crippen LogP contribution in [0.2, 0.25) is 10.0 Å². The van der Waals surface area contributed by atoms with Gasteiger partial charge in [-0.3, -0.25) is 10.1 Å². The number of hydrogen-bond acceptors (Lipinski definition) is 4. The van der Waals surface area contributed by atoms with Crippen molar-refractivity contribution in [2.24, 2.45) is 0 Å². The van der Waals surface area contributed by atoms with Crippen molar-refractivity contribution in [2.45, 2.75) is 13.5 Å². The summed E-state index contributed by atoms with van der Waals surface area (Å²) in [5.41, 5.74) is 2.05. The molecule has 5 nitrogen and oxygen atoms in total. The number of nitrogens with one attached hydrogen (secondary N) is 1. The molecule has 0 saturated heterocycles. The highest BCUT2D eigenvalue weighted by atomic mass is 35.5. The van der Waals surface area contributed by atoms with Gasteiger partial charge in [-0.1, -0.05) is 23.2 Å². The molecule has 0 unspecified atom stereocenters. The highest BCUT2D eigenvalue weighted by Gasteiger charge is 2.10. The molecule has 0 bridgehead atoms. The number of anilines is 1. The molecule has 0 atom stereocenters. The zero-order valence-electron chi connectivity index (χ0n) is 11.1. The van der Waals surface area contributed by atoms with Gasteiger partial charge in [0.2, 0.25) is 0 Å². The van der Waals surface area contributed by atoms with Gasteiger partial charge < -0.3 is 10.4 Å². The van der Waals surface area contributed by atoms with E-state index in [2.05, 4.69) is 5.32 Å². The van der Waals surface area contributed by atoms with Gasteiger partial charge in [0, 0.05) is 35.0 Å². The Balaban J connectivity index is 2.19. The minimum Gasteiger partial charge on any atom is -0.506 e. The minimum absolute atomic E-state index is 0.0340. The van der Waals surface area contributed by atoms with E-state index >= 15 is 0 Å². The number of hydrogen-bond donors (Lipinski definition) is 2. The van der Waals surface area contributed by atoms with Crippen molar-refractivity contribution in [3.63, 3.8) is 0 Å². The van der Waals surface area contributed by atoms with E-state index in [1.165, 1.54) is 18.2 Å². The van der Waals surface area contributed by atoms with Crippen LogP contribution in [0.5, 0.6) is 5.75 Å². The second-order valence-electron chi connectivity index (χ2n) is 4.51. The quantitative estimate of drug-likeness (QED) is 0.639. The van der Waals surface area contributed by atoms with Gasteiger partial charge in [0.1, 0.15) is 5.75 Å². The predicted molar refractivity (Wildman–Crippen MR) is 83.3 cm³/mol. The fourth-order valence-corrected chi connectivity index (χ4v) is 2.44. The van der Waals surface area contributed by atoms with Crippen molar-refractivity contribution in [1.82, 2.24) is 0 Å². The smallest absolute Gasteiger partial charge is 0.269 e. The molecular weight excluding hydrogens is 315 g/mol. The average molecular weight is 327 g/mol. The first-order valence-electron chi connectivity index (χ1n) is 6.04. The first-order chi connectivity index (χ1) is 9.88. The number of rotatable bonds is 4. The van der Waals surface area contributed by atoms with Crippen LogP contribution in [0.25, 0.3) is 0 Å². The number of nitrogens with zero attached hydrogens (tertiary/aromatic N) is 1. The summed E-state index contributed by atoms with van der Waals surface area (Å²) in [5, 5.41) is 24.2. The summed E-state index contributed by atoms with van der Waals surface area (Å²) in [6.07, 6.45) is 0. The number of phenolic OH excluding ortho intramolecular Hbond substituents is 1. The summed E-state index contributed by atoms with van der Waals surface area (Å²) >= 11 is 11.7. The van der Waals surface area contributed by atoms with E-state index in [-0.39, 0.29) is 16.5 Å². The Kier molecular flexibility index (Phi) is 4.55. The largest absolute Gasteiger partial charge is 0.506 e. The van der Waals surface area contributed by atoms with Crippen LogP contribution in [0.4, 0.5) is 11.4 Å². The SMILES string of the molecule is Cc1cc([N+](=O)[O-])ccc1NCc1cc(Cl)cc(Cl)c1O.